The largest absolute Gasteiger partial charge is 0.480 e. The summed E-state index contributed by atoms with van der Waals surface area (Å²) in [7, 11) is 0. The summed E-state index contributed by atoms with van der Waals surface area (Å²) in [6.45, 7) is 0.365. The highest BCUT2D eigenvalue weighted by molar-refractivity contribution is 6.05. The van der Waals surface area contributed by atoms with Crippen LogP contribution in [0.2, 0.25) is 0 Å². The molecule has 16 heavy (non-hydrogen) atoms. The lowest BCUT2D eigenvalue weighted by Crippen LogP contribution is -2.41. The normalized spacial score (nSPS) is 21.1. The van der Waals surface area contributed by atoms with E-state index in [-0.39, 0.29) is 11.7 Å². The van der Waals surface area contributed by atoms with Crippen molar-refractivity contribution in [1.82, 2.24) is 5.32 Å². The van der Waals surface area contributed by atoms with Crippen molar-refractivity contribution in [2.24, 2.45) is 11.7 Å². The lowest BCUT2D eigenvalue weighted by Gasteiger charge is -2.22. The van der Waals surface area contributed by atoms with Gasteiger partial charge in [0.15, 0.2) is 0 Å². The fourth-order valence-electron chi connectivity index (χ4n) is 1.46. The third-order valence-electron chi connectivity index (χ3n) is 2.69. The molecule has 0 aromatic heterocycles. The Morgan fingerprint density at radius 1 is 1.56 bits per heavy atom. The molecule has 0 heterocycles. The molecule has 0 aliphatic heterocycles. The number of nitrogens with one attached hydrogen (secondary N) is 1. The number of carboxylic acids is 1. The number of aliphatic carboxylic acids is 1. The highest BCUT2D eigenvalue weighted by atomic mass is 16.4. The Labute approximate surface area is 93.2 Å². The topological polar surface area (TPSA) is 109 Å². The predicted octanol–water partition coefficient (Wildman–Crippen LogP) is -0.726. The maximum atomic E-state index is 11.3. The van der Waals surface area contributed by atoms with Gasteiger partial charge in [-0.2, -0.15) is 0 Å². The van der Waals surface area contributed by atoms with Crippen LogP contribution in [0.25, 0.3) is 0 Å². The maximum absolute atomic E-state index is 11.3. The number of carbonyl (C=O) groups excluding carboxylic acids is 2. The Kier molecular flexibility index (Phi) is 4.42. The van der Waals surface area contributed by atoms with Gasteiger partial charge in [0.05, 0.1) is 5.92 Å². The van der Waals surface area contributed by atoms with Gasteiger partial charge in [0.2, 0.25) is 5.91 Å². The smallest absolute Gasteiger partial charge is 0.320 e. The Hall–Kier alpha value is -1.43. The summed E-state index contributed by atoms with van der Waals surface area (Å²) in [6, 6.07) is -0.887. The average molecular weight is 228 g/mol. The maximum Gasteiger partial charge on any atom is 0.320 e. The molecule has 0 unspecified atom stereocenters. The fraction of sp³-hybridized carbons (Fsp3) is 0.700. The number of carboxylic acid groups (broad SMARTS) is 1. The van der Waals surface area contributed by atoms with E-state index in [9.17, 15) is 14.4 Å². The van der Waals surface area contributed by atoms with Crippen LogP contribution in [0.15, 0.2) is 0 Å². The first-order valence-corrected chi connectivity index (χ1v) is 5.31. The van der Waals surface area contributed by atoms with Crippen LogP contribution in [-0.2, 0) is 14.4 Å². The predicted molar refractivity (Wildman–Crippen MR) is 55.6 cm³/mol. The van der Waals surface area contributed by atoms with Gasteiger partial charge in [-0.15, -0.1) is 0 Å². The van der Waals surface area contributed by atoms with Crippen molar-refractivity contribution in [2.45, 2.75) is 31.7 Å². The lowest BCUT2D eigenvalue weighted by atomic mass is 9.83. The number of carbonyl (C=O) groups is 3. The highest BCUT2D eigenvalue weighted by Crippen LogP contribution is 2.21. The van der Waals surface area contributed by atoms with Crippen LogP contribution >= 0.6 is 0 Å². The zero-order chi connectivity index (χ0) is 12.1. The molecule has 1 amide bonds. The molecule has 1 aliphatic carbocycles. The monoisotopic (exact) mass is 228 g/mol. The van der Waals surface area contributed by atoms with Crippen LogP contribution in [-0.4, -0.2) is 35.4 Å². The van der Waals surface area contributed by atoms with Crippen molar-refractivity contribution in [1.29, 1.82) is 0 Å². The lowest BCUT2D eigenvalue weighted by molar-refractivity contribution is -0.140. The Morgan fingerprint density at radius 3 is 2.69 bits per heavy atom. The number of ketones is 1. The molecule has 4 N–H and O–H groups in total. The Morgan fingerprint density at radius 2 is 2.25 bits per heavy atom. The molecule has 1 saturated carbocycles. The minimum absolute atomic E-state index is 0.0141. The SMILES string of the molecule is N[C@@H](CCCNC(=O)[C@H]1CCC1=O)C(=O)O. The standard InChI is InChI=1S/C10H16N2O4/c11-7(10(15)16)2-1-5-12-9(14)6-3-4-8(6)13/h6-7H,1-5,11H2,(H,12,14)(H,15,16)/t6-,7-/m0/s1. The van der Waals surface area contributed by atoms with E-state index < -0.39 is 17.9 Å². The molecular weight excluding hydrogens is 212 g/mol. The average Bonchev–Trinajstić information content (AvgIpc) is 2.21. The minimum atomic E-state index is -1.04. The second-order valence-electron chi connectivity index (χ2n) is 3.94. The molecule has 0 aromatic rings. The number of hydrogen-bond acceptors (Lipinski definition) is 4. The van der Waals surface area contributed by atoms with E-state index in [0.29, 0.717) is 32.2 Å². The van der Waals surface area contributed by atoms with Gasteiger partial charge in [0, 0.05) is 13.0 Å². The molecule has 0 saturated heterocycles. The number of rotatable bonds is 6. The zero-order valence-corrected chi connectivity index (χ0v) is 8.94. The van der Waals surface area contributed by atoms with E-state index in [4.69, 9.17) is 10.8 Å². The molecule has 6 heteroatoms. The van der Waals surface area contributed by atoms with Crippen LogP contribution in [0, 0.1) is 5.92 Å². The summed E-state index contributed by atoms with van der Waals surface area (Å²) in [5, 5.41) is 11.1. The summed E-state index contributed by atoms with van der Waals surface area (Å²) < 4.78 is 0. The molecule has 2 atom stereocenters. The van der Waals surface area contributed by atoms with Crippen molar-refractivity contribution in [3.05, 3.63) is 0 Å². The van der Waals surface area contributed by atoms with E-state index in [2.05, 4.69) is 5.32 Å². The molecule has 90 valence electrons. The molecule has 0 bridgehead atoms. The quantitative estimate of drug-likeness (QED) is 0.410. The van der Waals surface area contributed by atoms with Gasteiger partial charge in [0.25, 0.3) is 0 Å². The summed E-state index contributed by atoms with van der Waals surface area (Å²) in [4.78, 5) is 32.7. The van der Waals surface area contributed by atoms with Gasteiger partial charge < -0.3 is 16.2 Å². The number of Topliss-reactive ketones (excluding diaryl/α,β-unsaturated/α-hetero) is 1. The van der Waals surface area contributed by atoms with Gasteiger partial charge in [-0.1, -0.05) is 0 Å². The van der Waals surface area contributed by atoms with Gasteiger partial charge in [-0.05, 0) is 19.3 Å². The van der Waals surface area contributed by atoms with Crippen LogP contribution < -0.4 is 11.1 Å². The second-order valence-corrected chi connectivity index (χ2v) is 3.94. The van der Waals surface area contributed by atoms with Crippen molar-refractivity contribution >= 4 is 17.7 Å². The van der Waals surface area contributed by atoms with Gasteiger partial charge in [-0.25, -0.2) is 0 Å². The van der Waals surface area contributed by atoms with Crippen molar-refractivity contribution in [3.8, 4) is 0 Å². The van der Waals surface area contributed by atoms with Crippen LogP contribution in [0.4, 0.5) is 0 Å². The number of nitrogens with two attached hydrogens (primary N) is 1. The Balaban J connectivity index is 2.09. The highest BCUT2D eigenvalue weighted by Gasteiger charge is 2.34. The summed E-state index contributed by atoms with van der Waals surface area (Å²) in [6.07, 6.45) is 1.93. The molecule has 1 rings (SSSR count). The van der Waals surface area contributed by atoms with Crippen molar-refractivity contribution in [2.75, 3.05) is 6.54 Å². The number of hydrogen-bond donors (Lipinski definition) is 3. The van der Waals surface area contributed by atoms with Crippen LogP contribution in [0.3, 0.4) is 0 Å². The zero-order valence-electron chi connectivity index (χ0n) is 8.94. The van der Waals surface area contributed by atoms with Gasteiger partial charge in [-0.3, -0.25) is 14.4 Å². The summed E-state index contributed by atoms with van der Waals surface area (Å²) >= 11 is 0. The minimum Gasteiger partial charge on any atom is -0.480 e. The first-order chi connectivity index (χ1) is 7.52. The summed E-state index contributed by atoms with van der Waals surface area (Å²) in [5.41, 5.74) is 5.29. The van der Waals surface area contributed by atoms with Crippen molar-refractivity contribution in [3.63, 3.8) is 0 Å². The first kappa shape index (κ1) is 12.6. The molecule has 6 nitrogen and oxygen atoms in total. The molecular formula is C10H16N2O4. The van der Waals surface area contributed by atoms with E-state index in [1.165, 1.54) is 0 Å². The van der Waals surface area contributed by atoms with E-state index in [0.717, 1.165) is 0 Å². The first-order valence-electron chi connectivity index (χ1n) is 5.31. The van der Waals surface area contributed by atoms with E-state index >= 15 is 0 Å². The van der Waals surface area contributed by atoms with E-state index in [1.807, 2.05) is 0 Å². The number of amides is 1. The molecule has 1 aliphatic rings. The molecule has 1 fully saturated rings. The molecule has 0 aromatic carbocycles. The summed E-state index contributed by atoms with van der Waals surface area (Å²) in [5.74, 6) is -1.78. The fourth-order valence-corrected chi connectivity index (χ4v) is 1.46. The second kappa shape index (κ2) is 5.60. The third-order valence-corrected chi connectivity index (χ3v) is 2.69. The van der Waals surface area contributed by atoms with Crippen LogP contribution in [0.1, 0.15) is 25.7 Å². The van der Waals surface area contributed by atoms with Crippen molar-refractivity contribution < 1.29 is 19.5 Å². The molecule has 0 spiro atoms. The van der Waals surface area contributed by atoms with E-state index in [1.54, 1.807) is 0 Å². The third kappa shape index (κ3) is 3.30. The van der Waals surface area contributed by atoms with Gasteiger partial charge in [0.1, 0.15) is 11.8 Å². The van der Waals surface area contributed by atoms with Gasteiger partial charge >= 0.3 is 5.97 Å². The Bertz CT molecular complexity index is 303. The van der Waals surface area contributed by atoms with Crippen LogP contribution in [0.5, 0.6) is 0 Å². The molecule has 0 radical (unpaired) electrons.